The highest BCUT2D eigenvalue weighted by atomic mass is 16.5. The summed E-state index contributed by atoms with van der Waals surface area (Å²) in [4.78, 5) is 0. The lowest BCUT2D eigenvalue weighted by molar-refractivity contribution is 0.000972. The van der Waals surface area contributed by atoms with E-state index in [9.17, 15) is 0 Å². The van der Waals surface area contributed by atoms with Crippen molar-refractivity contribution in [3.05, 3.63) is 0 Å². The molecule has 0 heterocycles. The molecule has 0 spiro atoms. The van der Waals surface area contributed by atoms with E-state index in [-0.39, 0.29) is 0 Å². The number of ether oxygens (including phenoxy) is 2. The molecule has 0 bridgehead atoms. The lowest BCUT2D eigenvalue weighted by Gasteiger charge is -2.23. The minimum atomic E-state index is 0.450. The van der Waals surface area contributed by atoms with E-state index < -0.39 is 0 Å². The number of hydrogen-bond acceptors (Lipinski definition) is 2. The van der Waals surface area contributed by atoms with Gasteiger partial charge < -0.3 is 9.47 Å². The summed E-state index contributed by atoms with van der Waals surface area (Å²) < 4.78 is 12.2. The molecule has 164 valence electrons. The quantitative estimate of drug-likeness (QED) is 0.224. The van der Waals surface area contributed by atoms with E-state index in [0.717, 1.165) is 13.2 Å². The molecule has 0 rings (SSSR count). The van der Waals surface area contributed by atoms with E-state index in [1.807, 2.05) is 0 Å². The van der Waals surface area contributed by atoms with Gasteiger partial charge in [-0.1, -0.05) is 100 Å². The second kappa shape index (κ2) is 16.8. The van der Waals surface area contributed by atoms with Crippen LogP contribution in [0.4, 0.5) is 0 Å². The van der Waals surface area contributed by atoms with Gasteiger partial charge in [0, 0.05) is 13.2 Å². The highest BCUT2D eigenvalue weighted by Gasteiger charge is 2.15. The van der Waals surface area contributed by atoms with Gasteiger partial charge in [-0.2, -0.15) is 0 Å². The Hall–Kier alpha value is -0.0800. The minimum Gasteiger partial charge on any atom is -0.378 e. The SMILES string of the molecule is CC(C)COC(CCCCCCCCCC(OCC(C)C)C(C)C)C(C)C. The lowest BCUT2D eigenvalue weighted by atomic mass is 9.98. The van der Waals surface area contributed by atoms with Crippen molar-refractivity contribution in [3.8, 4) is 0 Å². The summed E-state index contributed by atoms with van der Waals surface area (Å²) in [5.74, 6) is 2.54. The molecule has 0 saturated heterocycles. The molecule has 0 radical (unpaired) electrons. The van der Waals surface area contributed by atoms with Crippen LogP contribution in [0.5, 0.6) is 0 Å². The van der Waals surface area contributed by atoms with Gasteiger partial charge in [0.25, 0.3) is 0 Å². The molecule has 0 aromatic rings. The summed E-state index contributed by atoms with van der Waals surface area (Å²) in [6, 6.07) is 0. The molecule has 0 N–H and O–H groups in total. The largest absolute Gasteiger partial charge is 0.378 e. The van der Waals surface area contributed by atoms with Crippen molar-refractivity contribution < 1.29 is 9.47 Å². The topological polar surface area (TPSA) is 18.5 Å². The Morgan fingerprint density at radius 1 is 0.444 bits per heavy atom. The summed E-state index contributed by atoms with van der Waals surface area (Å²) in [5.41, 5.74) is 0. The smallest absolute Gasteiger partial charge is 0.0598 e. The second-order valence-corrected chi connectivity index (χ2v) is 10.1. The van der Waals surface area contributed by atoms with Crippen LogP contribution in [-0.4, -0.2) is 25.4 Å². The third-order valence-corrected chi connectivity index (χ3v) is 5.25. The Morgan fingerprint density at radius 2 is 0.741 bits per heavy atom. The molecule has 0 aromatic carbocycles. The Balaban J connectivity index is 3.67. The maximum atomic E-state index is 6.09. The molecule has 2 unspecified atom stereocenters. The third kappa shape index (κ3) is 16.6. The number of rotatable bonds is 18. The molecule has 2 heteroatoms. The van der Waals surface area contributed by atoms with Gasteiger partial charge in [-0.25, -0.2) is 0 Å². The average Bonchev–Trinajstić information content (AvgIpc) is 2.57. The first-order valence-electron chi connectivity index (χ1n) is 12.0. The predicted octanol–water partition coefficient (Wildman–Crippen LogP) is 7.89. The van der Waals surface area contributed by atoms with E-state index in [4.69, 9.17) is 9.47 Å². The van der Waals surface area contributed by atoms with Crippen molar-refractivity contribution in [2.45, 2.75) is 125 Å². The van der Waals surface area contributed by atoms with Crippen LogP contribution in [0, 0.1) is 23.7 Å². The van der Waals surface area contributed by atoms with Crippen molar-refractivity contribution in [2.75, 3.05) is 13.2 Å². The molecule has 0 saturated carbocycles. The maximum absolute atomic E-state index is 6.09. The van der Waals surface area contributed by atoms with Crippen LogP contribution in [0.1, 0.15) is 113 Å². The highest BCUT2D eigenvalue weighted by molar-refractivity contribution is 4.65. The van der Waals surface area contributed by atoms with Crippen molar-refractivity contribution in [2.24, 2.45) is 23.7 Å². The van der Waals surface area contributed by atoms with E-state index in [1.54, 1.807) is 0 Å². The molecule has 27 heavy (non-hydrogen) atoms. The fourth-order valence-electron chi connectivity index (χ4n) is 3.43. The molecule has 0 amide bonds. The molecule has 0 aliphatic heterocycles. The highest BCUT2D eigenvalue weighted by Crippen LogP contribution is 2.19. The van der Waals surface area contributed by atoms with Crippen LogP contribution in [0.25, 0.3) is 0 Å². The molecule has 2 nitrogen and oxygen atoms in total. The first kappa shape index (κ1) is 26.9. The zero-order valence-corrected chi connectivity index (χ0v) is 20.1. The number of unbranched alkanes of at least 4 members (excludes halogenated alkanes) is 6. The normalized spacial score (nSPS) is 14.7. The summed E-state index contributed by atoms with van der Waals surface area (Å²) in [6.45, 7) is 19.9. The fraction of sp³-hybridized carbons (Fsp3) is 1.00. The van der Waals surface area contributed by atoms with Crippen molar-refractivity contribution >= 4 is 0 Å². The van der Waals surface area contributed by atoms with Crippen LogP contribution >= 0.6 is 0 Å². The van der Waals surface area contributed by atoms with Crippen molar-refractivity contribution in [3.63, 3.8) is 0 Å². The van der Waals surface area contributed by atoms with Crippen molar-refractivity contribution in [1.82, 2.24) is 0 Å². The lowest BCUT2D eigenvalue weighted by Crippen LogP contribution is -2.22. The van der Waals surface area contributed by atoms with E-state index in [0.29, 0.717) is 35.9 Å². The van der Waals surface area contributed by atoms with E-state index >= 15 is 0 Å². The zero-order valence-electron chi connectivity index (χ0n) is 20.1. The molecular formula is C25H52O2. The zero-order chi connectivity index (χ0) is 20.7. The van der Waals surface area contributed by atoms with E-state index in [2.05, 4.69) is 55.4 Å². The predicted molar refractivity (Wildman–Crippen MR) is 120 cm³/mol. The van der Waals surface area contributed by atoms with Gasteiger partial charge in [0.2, 0.25) is 0 Å². The minimum absolute atomic E-state index is 0.450. The van der Waals surface area contributed by atoms with Gasteiger partial charge in [-0.05, 0) is 36.5 Å². The van der Waals surface area contributed by atoms with Gasteiger partial charge in [0.1, 0.15) is 0 Å². The first-order chi connectivity index (χ1) is 12.7. The fourth-order valence-corrected chi connectivity index (χ4v) is 3.43. The average molecular weight is 385 g/mol. The van der Waals surface area contributed by atoms with E-state index in [1.165, 1.54) is 57.8 Å². The summed E-state index contributed by atoms with van der Waals surface area (Å²) in [5, 5.41) is 0. The van der Waals surface area contributed by atoms with Gasteiger partial charge in [0.05, 0.1) is 12.2 Å². The van der Waals surface area contributed by atoms with Crippen molar-refractivity contribution in [1.29, 1.82) is 0 Å². The molecule has 0 aromatic heterocycles. The van der Waals surface area contributed by atoms with Gasteiger partial charge >= 0.3 is 0 Å². The monoisotopic (exact) mass is 384 g/mol. The summed E-state index contributed by atoms with van der Waals surface area (Å²) in [6.07, 6.45) is 12.9. The van der Waals surface area contributed by atoms with Gasteiger partial charge in [0.15, 0.2) is 0 Å². The van der Waals surface area contributed by atoms with Gasteiger partial charge in [-0.3, -0.25) is 0 Å². The molecule has 0 aliphatic carbocycles. The van der Waals surface area contributed by atoms with Crippen LogP contribution in [0.2, 0.25) is 0 Å². The van der Waals surface area contributed by atoms with Gasteiger partial charge in [-0.15, -0.1) is 0 Å². The first-order valence-corrected chi connectivity index (χ1v) is 12.0. The summed E-state index contributed by atoms with van der Waals surface area (Å²) in [7, 11) is 0. The Labute approximate surface area is 172 Å². The summed E-state index contributed by atoms with van der Waals surface area (Å²) >= 11 is 0. The Kier molecular flexibility index (Phi) is 16.8. The molecule has 2 atom stereocenters. The maximum Gasteiger partial charge on any atom is 0.0598 e. The second-order valence-electron chi connectivity index (χ2n) is 10.1. The number of hydrogen-bond donors (Lipinski definition) is 0. The van der Waals surface area contributed by atoms with Crippen LogP contribution < -0.4 is 0 Å². The van der Waals surface area contributed by atoms with Crippen LogP contribution in [-0.2, 0) is 9.47 Å². The van der Waals surface area contributed by atoms with Crippen LogP contribution in [0.15, 0.2) is 0 Å². The Bertz CT molecular complexity index is 279. The standard InChI is InChI=1S/C25H52O2/c1-20(2)18-26-24(22(5)6)16-14-12-10-9-11-13-15-17-25(23(7)8)27-19-21(3)4/h20-25H,9-19H2,1-8H3. The molecule has 0 fully saturated rings. The third-order valence-electron chi connectivity index (χ3n) is 5.25. The Morgan fingerprint density at radius 3 is 1.00 bits per heavy atom. The molecule has 0 aliphatic rings. The van der Waals surface area contributed by atoms with Crippen LogP contribution in [0.3, 0.4) is 0 Å². The molecular weight excluding hydrogens is 332 g/mol.